The molecule has 1 fully saturated rings. The maximum Gasteiger partial charge on any atom is 0.300 e. The fourth-order valence-electron chi connectivity index (χ4n) is 3.15. The highest BCUT2D eigenvalue weighted by Gasteiger charge is 2.36. The molecule has 0 bridgehead atoms. The zero-order valence-electron chi connectivity index (χ0n) is 15.8. The fourth-order valence-corrected chi connectivity index (χ4v) is 5.21. The van der Waals surface area contributed by atoms with E-state index in [2.05, 4.69) is 5.09 Å². The van der Waals surface area contributed by atoms with Gasteiger partial charge in [-0.05, 0) is 67.1 Å². The third kappa shape index (κ3) is 4.74. The Hall–Kier alpha value is -2.08. The maximum atomic E-state index is 13.6. The molecule has 6 nitrogen and oxygen atoms in total. The van der Waals surface area contributed by atoms with E-state index >= 15 is 0 Å². The summed E-state index contributed by atoms with van der Waals surface area (Å²) in [6, 6.07) is 17.5. The first-order chi connectivity index (χ1) is 14.1. The van der Waals surface area contributed by atoms with Gasteiger partial charge in [0, 0.05) is 12.1 Å². The van der Waals surface area contributed by atoms with E-state index in [-0.39, 0.29) is 18.8 Å². The van der Waals surface area contributed by atoms with E-state index in [1.165, 1.54) is 0 Å². The Bertz CT molecular complexity index is 975. The molecule has 3 atom stereocenters. The van der Waals surface area contributed by atoms with Crippen molar-refractivity contribution in [3.8, 4) is 11.5 Å². The number of rotatable bonds is 5. The number of halogens is 1. The molecular weight excluding hydrogens is 413 g/mol. The van der Waals surface area contributed by atoms with E-state index in [1.807, 2.05) is 6.07 Å². The zero-order valence-corrected chi connectivity index (χ0v) is 17.4. The van der Waals surface area contributed by atoms with Crippen LogP contribution < -0.4 is 15.1 Å². The maximum absolute atomic E-state index is 13.6. The second-order valence-corrected chi connectivity index (χ2v) is 9.26. The van der Waals surface area contributed by atoms with Gasteiger partial charge in [0.2, 0.25) is 0 Å². The van der Waals surface area contributed by atoms with E-state index in [4.69, 9.17) is 30.0 Å². The van der Waals surface area contributed by atoms with Gasteiger partial charge in [-0.2, -0.15) is 0 Å². The van der Waals surface area contributed by atoms with Crippen LogP contribution in [0.1, 0.15) is 18.2 Å². The molecule has 8 heteroatoms. The standard InChI is InChI=1S/C21H21ClNO5P/c1-25-18-13-20(21-3-2-12-26-21)23-29(24,27-14-18)19-10-8-17(9-11-19)28-16-6-4-15(22)5-7-16/h2-12,18,20H,13-14H2,1H3,(H,23,24). The Morgan fingerprint density at radius 3 is 2.38 bits per heavy atom. The number of nitrogens with one attached hydrogen (secondary N) is 1. The summed E-state index contributed by atoms with van der Waals surface area (Å²) in [5, 5.41) is 4.35. The van der Waals surface area contributed by atoms with Gasteiger partial charge in [0.05, 0.1) is 30.3 Å². The molecule has 1 saturated heterocycles. The van der Waals surface area contributed by atoms with Gasteiger partial charge in [-0.1, -0.05) is 11.6 Å². The monoisotopic (exact) mass is 433 g/mol. The highest BCUT2D eigenvalue weighted by atomic mass is 35.5. The molecule has 2 aromatic carbocycles. The van der Waals surface area contributed by atoms with Crippen LogP contribution in [0.4, 0.5) is 0 Å². The molecule has 0 aliphatic carbocycles. The van der Waals surface area contributed by atoms with Crippen molar-refractivity contribution in [3.63, 3.8) is 0 Å². The molecule has 3 aromatic rings. The van der Waals surface area contributed by atoms with E-state index in [0.717, 1.165) is 0 Å². The van der Waals surface area contributed by atoms with E-state index < -0.39 is 7.52 Å². The van der Waals surface area contributed by atoms with E-state index in [0.29, 0.717) is 34.0 Å². The Morgan fingerprint density at radius 2 is 1.76 bits per heavy atom. The average molecular weight is 434 g/mol. The van der Waals surface area contributed by atoms with Crippen molar-refractivity contribution in [2.45, 2.75) is 18.6 Å². The molecular formula is C21H21ClNO5P. The van der Waals surface area contributed by atoms with Crippen LogP contribution in [-0.2, 0) is 13.8 Å². The highest BCUT2D eigenvalue weighted by Crippen LogP contribution is 2.47. The van der Waals surface area contributed by atoms with Crippen LogP contribution in [0.15, 0.2) is 71.3 Å². The van der Waals surface area contributed by atoms with Crippen LogP contribution >= 0.6 is 19.1 Å². The van der Waals surface area contributed by atoms with Gasteiger partial charge >= 0.3 is 0 Å². The van der Waals surface area contributed by atoms with Crippen LogP contribution in [0.25, 0.3) is 0 Å². The lowest BCUT2D eigenvalue weighted by Crippen LogP contribution is -2.24. The summed E-state index contributed by atoms with van der Waals surface area (Å²) in [7, 11) is -1.71. The van der Waals surface area contributed by atoms with Crippen molar-refractivity contribution in [3.05, 3.63) is 77.7 Å². The number of hydrogen-bond acceptors (Lipinski definition) is 5. The van der Waals surface area contributed by atoms with Gasteiger partial charge in [0.1, 0.15) is 17.3 Å². The average Bonchev–Trinajstić information content (AvgIpc) is 3.21. The predicted molar refractivity (Wildman–Crippen MR) is 111 cm³/mol. The third-order valence-electron chi connectivity index (χ3n) is 4.71. The molecule has 1 N–H and O–H groups in total. The minimum atomic E-state index is -3.33. The first-order valence-corrected chi connectivity index (χ1v) is 11.2. The molecule has 1 aromatic heterocycles. The molecule has 0 amide bonds. The van der Waals surface area contributed by atoms with Crippen molar-refractivity contribution < 1.29 is 23.0 Å². The Kier molecular flexibility index (Phi) is 6.09. The smallest absolute Gasteiger partial charge is 0.300 e. The van der Waals surface area contributed by atoms with Crippen LogP contribution in [0.3, 0.4) is 0 Å². The number of ether oxygens (including phenoxy) is 2. The highest BCUT2D eigenvalue weighted by molar-refractivity contribution is 7.65. The van der Waals surface area contributed by atoms with Gasteiger partial charge in [-0.3, -0.25) is 4.57 Å². The number of methoxy groups -OCH3 is 1. The second-order valence-electron chi connectivity index (χ2n) is 6.69. The van der Waals surface area contributed by atoms with Crippen molar-refractivity contribution in [1.29, 1.82) is 0 Å². The van der Waals surface area contributed by atoms with Gasteiger partial charge in [0.15, 0.2) is 0 Å². The SMILES string of the molecule is COC1COP(=O)(c2ccc(Oc3ccc(Cl)cc3)cc2)NC(c2ccco2)C1. The second kappa shape index (κ2) is 8.74. The third-order valence-corrected chi connectivity index (χ3v) is 7.11. The lowest BCUT2D eigenvalue weighted by atomic mass is 10.1. The molecule has 152 valence electrons. The van der Waals surface area contributed by atoms with Crippen LogP contribution in [-0.4, -0.2) is 19.8 Å². The molecule has 0 saturated carbocycles. The van der Waals surface area contributed by atoms with E-state index in [1.54, 1.807) is 68.0 Å². The lowest BCUT2D eigenvalue weighted by Gasteiger charge is -2.21. The Balaban J connectivity index is 1.55. The quantitative estimate of drug-likeness (QED) is 0.550. The number of hydrogen-bond donors (Lipinski definition) is 1. The summed E-state index contributed by atoms with van der Waals surface area (Å²) in [6.07, 6.45) is 1.99. The number of furan rings is 1. The van der Waals surface area contributed by atoms with Gasteiger partial charge in [-0.25, -0.2) is 5.09 Å². The van der Waals surface area contributed by atoms with E-state index in [9.17, 15) is 4.57 Å². The molecule has 0 spiro atoms. The summed E-state index contributed by atoms with van der Waals surface area (Å²) in [5.74, 6) is 1.98. The molecule has 4 rings (SSSR count). The predicted octanol–water partition coefficient (Wildman–Crippen LogP) is 5.31. The summed E-state index contributed by atoms with van der Waals surface area (Å²) >= 11 is 5.90. The van der Waals surface area contributed by atoms with Crippen molar-refractivity contribution in [1.82, 2.24) is 5.09 Å². The van der Waals surface area contributed by atoms with Crippen molar-refractivity contribution in [2.75, 3.05) is 13.7 Å². The number of benzene rings is 2. The van der Waals surface area contributed by atoms with Crippen LogP contribution in [0.2, 0.25) is 5.02 Å². The van der Waals surface area contributed by atoms with Crippen LogP contribution in [0, 0.1) is 0 Å². The Morgan fingerprint density at radius 1 is 1.07 bits per heavy atom. The molecule has 1 aliphatic heterocycles. The topological polar surface area (TPSA) is 69.9 Å². The van der Waals surface area contributed by atoms with Gasteiger partial charge in [0.25, 0.3) is 7.52 Å². The minimum Gasteiger partial charge on any atom is -0.468 e. The normalized spacial score (nSPS) is 24.8. The summed E-state index contributed by atoms with van der Waals surface area (Å²) in [6.45, 7) is 0.223. The molecule has 29 heavy (non-hydrogen) atoms. The van der Waals surface area contributed by atoms with Crippen LogP contribution in [0.5, 0.6) is 11.5 Å². The first-order valence-electron chi connectivity index (χ1n) is 9.18. The molecule has 3 unspecified atom stereocenters. The lowest BCUT2D eigenvalue weighted by molar-refractivity contribution is 0.0540. The minimum absolute atomic E-state index is 0.194. The first kappa shape index (κ1) is 20.2. The van der Waals surface area contributed by atoms with Crippen molar-refractivity contribution in [2.24, 2.45) is 0 Å². The largest absolute Gasteiger partial charge is 0.468 e. The van der Waals surface area contributed by atoms with Gasteiger partial charge < -0.3 is 18.4 Å². The summed E-state index contributed by atoms with van der Waals surface area (Å²) in [4.78, 5) is 0. The molecule has 1 aliphatic rings. The summed E-state index contributed by atoms with van der Waals surface area (Å²) < 4.78 is 36.2. The van der Waals surface area contributed by atoms with Crippen molar-refractivity contribution >= 4 is 24.4 Å². The molecule has 2 heterocycles. The van der Waals surface area contributed by atoms with Gasteiger partial charge in [-0.15, -0.1) is 0 Å². The molecule has 0 radical (unpaired) electrons. The zero-order chi connectivity index (χ0) is 20.3. The Labute approximate surface area is 174 Å². The fraction of sp³-hybridized carbons (Fsp3) is 0.238. The summed E-state index contributed by atoms with van der Waals surface area (Å²) in [5.41, 5.74) is 0.